The second kappa shape index (κ2) is 6.61. The lowest BCUT2D eigenvalue weighted by Crippen LogP contribution is -2.08. The van der Waals surface area contributed by atoms with E-state index < -0.39 is 17.5 Å². The van der Waals surface area contributed by atoms with Gasteiger partial charge in [-0.05, 0) is 35.9 Å². The average Bonchev–Trinajstić information content (AvgIpc) is 2.45. The molecule has 2 aromatic carbocycles. The Labute approximate surface area is 130 Å². The van der Waals surface area contributed by atoms with Gasteiger partial charge in [0, 0.05) is 6.08 Å². The van der Waals surface area contributed by atoms with Crippen molar-refractivity contribution in [3.05, 3.63) is 63.9 Å². The number of nitrogens with one attached hydrogen (secondary N) is 1. The molecule has 2 N–H and O–H groups in total. The van der Waals surface area contributed by atoms with Crippen molar-refractivity contribution in [1.82, 2.24) is 0 Å². The van der Waals surface area contributed by atoms with Crippen LogP contribution in [0, 0.1) is 5.82 Å². The Balaban J connectivity index is 2.09. The summed E-state index contributed by atoms with van der Waals surface area (Å²) in [6.45, 7) is 0. The first-order valence-electron chi connectivity index (χ1n) is 5.89. The van der Waals surface area contributed by atoms with Crippen LogP contribution in [0.5, 0.6) is 5.75 Å². The van der Waals surface area contributed by atoms with Gasteiger partial charge in [-0.1, -0.05) is 35.3 Å². The SMILES string of the molecule is O=C(/C=C/c1ccc(F)c(O)c1)Nc1cccc(Cl)c1Cl. The lowest BCUT2D eigenvalue weighted by atomic mass is 10.2. The number of rotatable bonds is 3. The summed E-state index contributed by atoms with van der Waals surface area (Å²) >= 11 is 11.8. The van der Waals surface area contributed by atoms with Crippen molar-refractivity contribution in [3.8, 4) is 5.75 Å². The number of carbonyl (C=O) groups excluding carboxylic acids is 1. The van der Waals surface area contributed by atoms with Gasteiger partial charge in [-0.2, -0.15) is 0 Å². The second-order valence-electron chi connectivity index (χ2n) is 4.13. The van der Waals surface area contributed by atoms with Crippen LogP contribution in [0.15, 0.2) is 42.5 Å². The first-order chi connectivity index (χ1) is 9.97. The van der Waals surface area contributed by atoms with E-state index in [2.05, 4.69) is 5.32 Å². The first-order valence-corrected chi connectivity index (χ1v) is 6.64. The maximum atomic E-state index is 12.9. The Morgan fingerprint density at radius 3 is 2.71 bits per heavy atom. The third-order valence-electron chi connectivity index (χ3n) is 2.61. The molecule has 0 saturated heterocycles. The van der Waals surface area contributed by atoms with Crippen LogP contribution in [0.2, 0.25) is 10.0 Å². The molecule has 0 unspecified atom stereocenters. The van der Waals surface area contributed by atoms with Gasteiger partial charge in [-0.3, -0.25) is 4.79 Å². The Kier molecular flexibility index (Phi) is 4.83. The highest BCUT2D eigenvalue weighted by molar-refractivity contribution is 6.44. The minimum Gasteiger partial charge on any atom is -0.505 e. The van der Waals surface area contributed by atoms with Crippen LogP contribution in [-0.4, -0.2) is 11.0 Å². The van der Waals surface area contributed by atoms with Gasteiger partial charge in [-0.15, -0.1) is 0 Å². The van der Waals surface area contributed by atoms with Gasteiger partial charge in [0.15, 0.2) is 11.6 Å². The highest BCUT2D eigenvalue weighted by Gasteiger charge is 2.06. The number of aromatic hydroxyl groups is 1. The van der Waals surface area contributed by atoms with Gasteiger partial charge in [0.1, 0.15) is 0 Å². The maximum Gasteiger partial charge on any atom is 0.248 e. The molecule has 0 radical (unpaired) electrons. The van der Waals surface area contributed by atoms with Gasteiger partial charge in [0.2, 0.25) is 5.91 Å². The third kappa shape index (κ3) is 3.97. The third-order valence-corrected chi connectivity index (χ3v) is 3.43. The van der Waals surface area contributed by atoms with Gasteiger partial charge < -0.3 is 10.4 Å². The maximum absolute atomic E-state index is 12.9. The lowest BCUT2D eigenvalue weighted by Gasteiger charge is -2.05. The monoisotopic (exact) mass is 325 g/mol. The zero-order valence-electron chi connectivity index (χ0n) is 10.6. The van der Waals surface area contributed by atoms with E-state index in [4.69, 9.17) is 23.2 Å². The Morgan fingerprint density at radius 2 is 2.00 bits per heavy atom. The molecule has 0 aliphatic heterocycles. The molecule has 0 spiro atoms. The molecule has 0 aliphatic rings. The summed E-state index contributed by atoms with van der Waals surface area (Å²) in [5, 5.41) is 12.4. The van der Waals surface area contributed by atoms with Gasteiger partial charge >= 0.3 is 0 Å². The van der Waals surface area contributed by atoms with Crippen molar-refractivity contribution in [3.63, 3.8) is 0 Å². The van der Waals surface area contributed by atoms with Crippen molar-refractivity contribution in [2.45, 2.75) is 0 Å². The van der Waals surface area contributed by atoms with Crippen LogP contribution >= 0.6 is 23.2 Å². The minimum atomic E-state index is -0.720. The number of amides is 1. The fraction of sp³-hybridized carbons (Fsp3) is 0. The zero-order chi connectivity index (χ0) is 15.4. The fourth-order valence-electron chi connectivity index (χ4n) is 1.58. The first kappa shape index (κ1) is 15.4. The molecule has 0 aromatic heterocycles. The van der Waals surface area contributed by atoms with Crippen molar-refractivity contribution in [2.75, 3.05) is 5.32 Å². The van der Waals surface area contributed by atoms with E-state index in [0.29, 0.717) is 16.3 Å². The van der Waals surface area contributed by atoms with Crippen LogP contribution in [-0.2, 0) is 4.79 Å². The van der Waals surface area contributed by atoms with Gasteiger partial charge in [-0.25, -0.2) is 4.39 Å². The summed E-state index contributed by atoms with van der Waals surface area (Å²) in [5.41, 5.74) is 0.877. The molecule has 1 amide bonds. The molecular weight excluding hydrogens is 316 g/mol. The van der Waals surface area contributed by atoms with Crippen LogP contribution < -0.4 is 5.32 Å². The molecule has 0 atom stereocenters. The van der Waals surface area contributed by atoms with E-state index in [-0.39, 0.29) is 5.02 Å². The summed E-state index contributed by atoms with van der Waals surface area (Å²) in [6, 6.07) is 8.64. The largest absolute Gasteiger partial charge is 0.505 e. The molecule has 0 heterocycles. The number of hydrogen-bond donors (Lipinski definition) is 2. The molecule has 108 valence electrons. The van der Waals surface area contributed by atoms with Crippen molar-refractivity contribution in [1.29, 1.82) is 0 Å². The fourth-order valence-corrected chi connectivity index (χ4v) is 1.93. The number of phenols is 1. The van der Waals surface area contributed by atoms with E-state index in [1.165, 1.54) is 24.3 Å². The van der Waals surface area contributed by atoms with Crippen LogP contribution in [0.3, 0.4) is 0 Å². The number of hydrogen-bond acceptors (Lipinski definition) is 2. The molecule has 2 rings (SSSR count). The standard InChI is InChI=1S/C15H10Cl2FNO2/c16-10-2-1-3-12(15(10)17)19-14(21)7-5-9-4-6-11(18)13(20)8-9/h1-8,20H,(H,19,21)/b7-5+. The van der Waals surface area contributed by atoms with E-state index >= 15 is 0 Å². The number of benzene rings is 2. The summed E-state index contributed by atoms with van der Waals surface area (Å²) in [7, 11) is 0. The summed E-state index contributed by atoms with van der Waals surface area (Å²) in [4.78, 5) is 11.8. The number of carbonyl (C=O) groups is 1. The predicted molar refractivity (Wildman–Crippen MR) is 82.2 cm³/mol. The zero-order valence-corrected chi connectivity index (χ0v) is 12.1. The molecule has 0 saturated carbocycles. The number of halogens is 3. The Morgan fingerprint density at radius 1 is 1.24 bits per heavy atom. The highest BCUT2D eigenvalue weighted by atomic mass is 35.5. The molecule has 21 heavy (non-hydrogen) atoms. The number of anilines is 1. The van der Waals surface area contributed by atoms with Gasteiger partial charge in [0.25, 0.3) is 0 Å². The molecule has 2 aromatic rings. The molecule has 0 bridgehead atoms. The Hall–Kier alpha value is -2.04. The molecule has 3 nitrogen and oxygen atoms in total. The van der Waals surface area contributed by atoms with E-state index in [9.17, 15) is 14.3 Å². The predicted octanol–water partition coefficient (Wildman–Crippen LogP) is 4.49. The normalized spacial score (nSPS) is 10.8. The molecular formula is C15H10Cl2FNO2. The summed E-state index contributed by atoms with van der Waals surface area (Å²) < 4.78 is 12.9. The van der Waals surface area contributed by atoms with Crippen molar-refractivity contribution >= 4 is 40.9 Å². The topological polar surface area (TPSA) is 49.3 Å². The van der Waals surface area contributed by atoms with E-state index in [1.807, 2.05) is 0 Å². The van der Waals surface area contributed by atoms with Gasteiger partial charge in [0.05, 0.1) is 15.7 Å². The molecule has 0 aliphatic carbocycles. The number of phenolic OH excluding ortho intramolecular Hbond substituents is 1. The van der Waals surface area contributed by atoms with Crippen molar-refractivity contribution in [2.24, 2.45) is 0 Å². The highest BCUT2D eigenvalue weighted by Crippen LogP contribution is 2.29. The summed E-state index contributed by atoms with van der Waals surface area (Å²) in [6.07, 6.45) is 2.68. The van der Waals surface area contributed by atoms with Crippen LogP contribution in [0.4, 0.5) is 10.1 Å². The quantitative estimate of drug-likeness (QED) is 0.817. The second-order valence-corrected chi connectivity index (χ2v) is 4.92. The molecule has 0 fully saturated rings. The Bertz CT molecular complexity index is 717. The smallest absolute Gasteiger partial charge is 0.248 e. The van der Waals surface area contributed by atoms with Crippen LogP contribution in [0.1, 0.15) is 5.56 Å². The molecule has 6 heteroatoms. The lowest BCUT2D eigenvalue weighted by molar-refractivity contribution is -0.111. The average molecular weight is 326 g/mol. The van der Waals surface area contributed by atoms with Crippen LogP contribution in [0.25, 0.3) is 6.08 Å². The van der Waals surface area contributed by atoms with Crippen molar-refractivity contribution < 1.29 is 14.3 Å². The summed E-state index contributed by atoms with van der Waals surface area (Å²) in [5.74, 6) is -1.62. The minimum absolute atomic E-state index is 0.250. The van der Waals surface area contributed by atoms with E-state index in [1.54, 1.807) is 18.2 Å². The van der Waals surface area contributed by atoms with E-state index in [0.717, 1.165) is 6.07 Å².